The number of halogens is 5. The van der Waals surface area contributed by atoms with Gasteiger partial charge in [-0.25, -0.2) is 9.37 Å². The van der Waals surface area contributed by atoms with E-state index < -0.39 is 23.5 Å². The van der Waals surface area contributed by atoms with Crippen molar-refractivity contribution in [2.75, 3.05) is 0 Å². The lowest BCUT2D eigenvalue weighted by atomic mass is 10.1. The fraction of sp³-hybridized carbons (Fsp3) is 0.0833. The molecule has 1 nitrogen and oxygen atoms in total. The monoisotopic (exact) mass is 259 g/mol. The topological polar surface area (TPSA) is 12.9 Å². The fourth-order valence-electron chi connectivity index (χ4n) is 1.46. The minimum atomic E-state index is -4.46. The first-order valence-corrected chi connectivity index (χ1v) is 4.86. The zero-order valence-corrected chi connectivity index (χ0v) is 8.80. The van der Waals surface area contributed by atoms with Crippen LogP contribution in [0.2, 0.25) is 0 Å². The van der Waals surface area contributed by atoms with Crippen molar-refractivity contribution in [2.45, 2.75) is 6.18 Å². The van der Waals surface area contributed by atoms with Crippen molar-refractivity contribution in [2.24, 2.45) is 0 Å². The summed E-state index contributed by atoms with van der Waals surface area (Å²) in [4.78, 5) is 3.16. The van der Waals surface area contributed by atoms with Gasteiger partial charge in [0.05, 0.1) is 11.8 Å². The summed E-state index contributed by atoms with van der Waals surface area (Å²) in [6.07, 6.45) is -3.76. The Morgan fingerprint density at radius 3 is 2.11 bits per heavy atom. The number of pyridine rings is 1. The number of rotatable bonds is 1. The molecule has 1 aromatic heterocycles. The molecule has 0 aliphatic carbocycles. The lowest BCUT2D eigenvalue weighted by molar-refractivity contribution is -0.137. The maximum atomic E-state index is 13.3. The summed E-state index contributed by atoms with van der Waals surface area (Å²) in [5.41, 5.74) is -0.896. The van der Waals surface area contributed by atoms with Crippen molar-refractivity contribution < 1.29 is 22.0 Å². The maximum Gasteiger partial charge on any atom is 0.416 e. The van der Waals surface area contributed by atoms with Crippen LogP contribution in [-0.2, 0) is 6.18 Å². The van der Waals surface area contributed by atoms with Gasteiger partial charge in [0.2, 0.25) is 5.95 Å². The first-order valence-electron chi connectivity index (χ1n) is 4.86. The molecule has 0 bridgehead atoms. The number of alkyl halides is 3. The highest BCUT2D eigenvalue weighted by Crippen LogP contribution is 2.31. The molecule has 18 heavy (non-hydrogen) atoms. The second kappa shape index (κ2) is 4.36. The number of benzene rings is 1. The van der Waals surface area contributed by atoms with Crippen molar-refractivity contribution in [1.29, 1.82) is 0 Å². The highest BCUT2D eigenvalue weighted by atomic mass is 19.4. The summed E-state index contributed by atoms with van der Waals surface area (Å²) in [5, 5.41) is 0. The predicted molar refractivity (Wildman–Crippen MR) is 54.6 cm³/mol. The highest BCUT2D eigenvalue weighted by molar-refractivity contribution is 5.63. The number of aromatic nitrogens is 1. The Morgan fingerprint density at radius 1 is 0.944 bits per heavy atom. The molecule has 0 fully saturated rings. The van der Waals surface area contributed by atoms with Gasteiger partial charge in [-0.1, -0.05) is 12.1 Å². The van der Waals surface area contributed by atoms with E-state index in [0.29, 0.717) is 6.20 Å². The summed E-state index contributed by atoms with van der Waals surface area (Å²) >= 11 is 0. The summed E-state index contributed by atoms with van der Waals surface area (Å²) in [7, 11) is 0. The van der Waals surface area contributed by atoms with Crippen molar-refractivity contribution in [3.05, 3.63) is 53.9 Å². The quantitative estimate of drug-likeness (QED) is 0.556. The van der Waals surface area contributed by atoms with E-state index in [1.807, 2.05) is 0 Å². The average Bonchev–Trinajstić information content (AvgIpc) is 2.31. The molecular formula is C12H6F5N. The van der Waals surface area contributed by atoms with Gasteiger partial charge in [-0.15, -0.1) is 0 Å². The van der Waals surface area contributed by atoms with Gasteiger partial charge in [0, 0.05) is 5.56 Å². The first kappa shape index (κ1) is 12.5. The molecule has 1 heterocycles. The van der Waals surface area contributed by atoms with Crippen molar-refractivity contribution >= 4 is 0 Å². The number of hydrogen-bond donors (Lipinski definition) is 0. The van der Waals surface area contributed by atoms with Gasteiger partial charge in [0.15, 0.2) is 0 Å². The standard InChI is InChI=1S/C12H6F5N/c13-9-5-10(11(14)18-6-9)7-1-3-8(4-2-7)12(15,16)17/h1-6H. The van der Waals surface area contributed by atoms with Crippen LogP contribution in [0.3, 0.4) is 0 Å². The molecule has 0 aliphatic heterocycles. The van der Waals surface area contributed by atoms with E-state index in [-0.39, 0.29) is 11.1 Å². The molecule has 0 atom stereocenters. The van der Waals surface area contributed by atoms with Crippen LogP contribution in [0.25, 0.3) is 11.1 Å². The molecule has 2 aromatic rings. The minimum absolute atomic E-state index is 0.132. The fourth-order valence-corrected chi connectivity index (χ4v) is 1.46. The number of nitrogens with zero attached hydrogens (tertiary/aromatic N) is 1. The molecular weight excluding hydrogens is 253 g/mol. The van der Waals surface area contributed by atoms with Gasteiger partial charge in [0.25, 0.3) is 0 Å². The molecule has 0 spiro atoms. The van der Waals surface area contributed by atoms with Gasteiger partial charge in [0.1, 0.15) is 5.82 Å². The van der Waals surface area contributed by atoms with Crippen molar-refractivity contribution in [3.63, 3.8) is 0 Å². The third-order valence-electron chi connectivity index (χ3n) is 2.33. The van der Waals surface area contributed by atoms with Gasteiger partial charge in [-0.2, -0.15) is 17.6 Å². The summed E-state index contributed by atoms with van der Waals surface area (Å²) < 4.78 is 63.1. The molecule has 0 aliphatic rings. The van der Waals surface area contributed by atoms with Crippen LogP contribution in [-0.4, -0.2) is 4.98 Å². The van der Waals surface area contributed by atoms with Gasteiger partial charge >= 0.3 is 6.18 Å². The van der Waals surface area contributed by atoms with E-state index in [0.717, 1.165) is 30.3 Å². The Kier molecular flexibility index (Phi) is 3.02. The molecule has 0 radical (unpaired) electrons. The smallest absolute Gasteiger partial charge is 0.225 e. The van der Waals surface area contributed by atoms with Crippen LogP contribution in [0.15, 0.2) is 36.5 Å². The summed E-state index contributed by atoms with van der Waals surface area (Å²) in [6, 6.07) is 4.63. The normalized spacial score (nSPS) is 11.6. The zero-order valence-electron chi connectivity index (χ0n) is 8.80. The van der Waals surface area contributed by atoms with E-state index in [1.54, 1.807) is 0 Å². The van der Waals surface area contributed by atoms with Crippen LogP contribution in [0, 0.1) is 11.8 Å². The lowest BCUT2D eigenvalue weighted by Gasteiger charge is -2.08. The lowest BCUT2D eigenvalue weighted by Crippen LogP contribution is -2.04. The molecule has 94 valence electrons. The van der Waals surface area contributed by atoms with Crippen molar-refractivity contribution in [1.82, 2.24) is 4.98 Å². The molecule has 0 saturated heterocycles. The third-order valence-corrected chi connectivity index (χ3v) is 2.33. The highest BCUT2D eigenvalue weighted by Gasteiger charge is 2.30. The van der Waals surface area contributed by atoms with Crippen LogP contribution < -0.4 is 0 Å². The van der Waals surface area contributed by atoms with Crippen LogP contribution >= 0.6 is 0 Å². The van der Waals surface area contributed by atoms with Crippen LogP contribution in [0.5, 0.6) is 0 Å². The Labute approximate surface area is 98.9 Å². The molecule has 0 unspecified atom stereocenters. The third kappa shape index (κ3) is 2.47. The Morgan fingerprint density at radius 2 is 1.56 bits per heavy atom. The molecule has 2 rings (SSSR count). The molecule has 0 saturated carbocycles. The Balaban J connectivity index is 2.43. The molecule has 6 heteroatoms. The molecule has 0 N–H and O–H groups in total. The van der Waals surface area contributed by atoms with E-state index in [2.05, 4.69) is 4.98 Å². The minimum Gasteiger partial charge on any atom is -0.225 e. The van der Waals surface area contributed by atoms with Gasteiger partial charge in [-0.05, 0) is 23.8 Å². The van der Waals surface area contributed by atoms with E-state index in [1.165, 1.54) is 0 Å². The predicted octanol–water partition coefficient (Wildman–Crippen LogP) is 4.05. The molecule has 1 aromatic carbocycles. The Bertz CT molecular complexity index is 560. The van der Waals surface area contributed by atoms with E-state index in [9.17, 15) is 22.0 Å². The van der Waals surface area contributed by atoms with Crippen LogP contribution in [0.1, 0.15) is 5.56 Å². The van der Waals surface area contributed by atoms with Crippen LogP contribution in [0.4, 0.5) is 22.0 Å². The summed E-state index contributed by atoms with van der Waals surface area (Å²) in [5.74, 6) is -1.69. The molecule has 0 amide bonds. The average molecular weight is 259 g/mol. The Hall–Kier alpha value is -1.98. The zero-order chi connectivity index (χ0) is 13.3. The van der Waals surface area contributed by atoms with E-state index >= 15 is 0 Å². The SMILES string of the molecule is Fc1cnc(F)c(-c2ccc(C(F)(F)F)cc2)c1. The second-order valence-corrected chi connectivity index (χ2v) is 3.57. The van der Waals surface area contributed by atoms with Crippen molar-refractivity contribution in [3.8, 4) is 11.1 Å². The summed E-state index contributed by atoms with van der Waals surface area (Å²) in [6.45, 7) is 0. The van der Waals surface area contributed by atoms with E-state index in [4.69, 9.17) is 0 Å². The second-order valence-electron chi connectivity index (χ2n) is 3.57. The first-order chi connectivity index (χ1) is 8.38. The largest absolute Gasteiger partial charge is 0.416 e. The maximum absolute atomic E-state index is 13.3. The number of hydrogen-bond acceptors (Lipinski definition) is 1. The van der Waals surface area contributed by atoms with Gasteiger partial charge in [-0.3, -0.25) is 0 Å². The van der Waals surface area contributed by atoms with Gasteiger partial charge < -0.3 is 0 Å².